The van der Waals surface area contributed by atoms with Gasteiger partial charge in [0.15, 0.2) is 0 Å². The molecular formula is C18H20Cl3FN4O2S. The van der Waals surface area contributed by atoms with Gasteiger partial charge in [0.25, 0.3) is 0 Å². The van der Waals surface area contributed by atoms with Crippen molar-refractivity contribution in [3.05, 3.63) is 59.3 Å². The van der Waals surface area contributed by atoms with E-state index in [1.165, 1.54) is 24.5 Å². The van der Waals surface area contributed by atoms with Crippen LogP contribution in [0.4, 0.5) is 4.39 Å². The van der Waals surface area contributed by atoms with Crippen LogP contribution in [-0.4, -0.2) is 24.5 Å². The van der Waals surface area contributed by atoms with Crippen LogP contribution in [-0.2, 0) is 16.6 Å². The number of halogens is 4. The quantitative estimate of drug-likeness (QED) is 0.575. The second kappa shape index (κ2) is 9.88. The number of allylic oxidation sites excluding steroid dienone is 1. The van der Waals surface area contributed by atoms with Crippen molar-refractivity contribution >= 4 is 57.3 Å². The van der Waals surface area contributed by atoms with Gasteiger partial charge in [-0.15, -0.1) is 24.8 Å². The SMILES string of the molecule is Cc1c(-c2cncc(S(N)(=O)=O)c2)c2cc(Cl)ccc2n1CC(F)=CCN.Cl.Cl. The normalized spacial score (nSPS) is 11.8. The predicted molar refractivity (Wildman–Crippen MR) is 119 cm³/mol. The number of hydrogen-bond acceptors (Lipinski definition) is 4. The Balaban J connectivity index is 0.00000210. The second-order valence-corrected chi connectivity index (χ2v) is 8.05. The van der Waals surface area contributed by atoms with Gasteiger partial charge in [0.1, 0.15) is 10.7 Å². The van der Waals surface area contributed by atoms with Gasteiger partial charge in [0, 0.05) is 51.7 Å². The van der Waals surface area contributed by atoms with E-state index in [4.69, 9.17) is 22.5 Å². The van der Waals surface area contributed by atoms with Crippen LogP contribution in [0.5, 0.6) is 0 Å². The summed E-state index contributed by atoms with van der Waals surface area (Å²) in [6.45, 7) is 1.93. The molecule has 2 heterocycles. The van der Waals surface area contributed by atoms with E-state index in [9.17, 15) is 12.8 Å². The van der Waals surface area contributed by atoms with Crippen LogP contribution in [0, 0.1) is 6.92 Å². The van der Waals surface area contributed by atoms with Gasteiger partial charge in [-0.05, 0) is 37.3 Å². The lowest BCUT2D eigenvalue weighted by atomic mass is 10.0. The van der Waals surface area contributed by atoms with Crippen LogP contribution in [0.1, 0.15) is 5.69 Å². The van der Waals surface area contributed by atoms with Crippen molar-refractivity contribution < 1.29 is 12.8 Å². The van der Waals surface area contributed by atoms with Gasteiger partial charge in [-0.3, -0.25) is 4.98 Å². The molecule has 3 aromatic rings. The Morgan fingerprint density at radius 3 is 2.59 bits per heavy atom. The lowest BCUT2D eigenvalue weighted by molar-refractivity contribution is 0.555. The van der Waals surface area contributed by atoms with Crippen LogP contribution >= 0.6 is 36.4 Å². The van der Waals surface area contributed by atoms with Crippen molar-refractivity contribution in [1.82, 2.24) is 9.55 Å². The number of hydrogen-bond donors (Lipinski definition) is 2. The molecule has 2 aromatic heterocycles. The van der Waals surface area contributed by atoms with E-state index in [1.54, 1.807) is 22.8 Å². The zero-order valence-corrected chi connectivity index (χ0v) is 18.5. The Morgan fingerprint density at radius 1 is 1.28 bits per heavy atom. The molecular weight excluding hydrogens is 462 g/mol. The minimum Gasteiger partial charge on any atom is -0.337 e. The first kappa shape index (κ1) is 25.4. The number of aromatic nitrogens is 2. The summed E-state index contributed by atoms with van der Waals surface area (Å²) >= 11 is 6.16. The Kier molecular flexibility index (Phi) is 8.64. The van der Waals surface area contributed by atoms with E-state index in [0.717, 1.165) is 16.6 Å². The van der Waals surface area contributed by atoms with Gasteiger partial charge >= 0.3 is 0 Å². The molecule has 0 aliphatic rings. The first-order valence-electron chi connectivity index (χ1n) is 8.03. The molecule has 158 valence electrons. The summed E-state index contributed by atoms with van der Waals surface area (Å²) in [6, 6.07) is 6.71. The van der Waals surface area contributed by atoms with Crippen LogP contribution in [0.3, 0.4) is 0 Å². The maximum Gasteiger partial charge on any atom is 0.239 e. The summed E-state index contributed by atoms with van der Waals surface area (Å²) in [5, 5.41) is 6.49. The fourth-order valence-corrected chi connectivity index (χ4v) is 3.75. The molecule has 0 saturated heterocycles. The van der Waals surface area contributed by atoms with Gasteiger partial charge in [-0.1, -0.05) is 11.6 Å². The minimum atomic E-state index is -3.91. The Labute approximate surface area is 185 Å². The molecule has 0 aliphatic heterocycles. The van der Waals surface area contributed by atoms with E-state index >= 15 is 0 Å². The summed E-state index contributed by atoms with van der Waals surface area (Å²) in [5.41, 5.74) is 8.15. The summed E-state index contributed by atoms with van der Waals surface area (Å²) in [5.74, 6) is -0.365. The second-order valence-electron chi connectivity index (χ2n) is 6.05. The molecule has 0 saturated carbocycles. The summed E-state index contributed by atoms with van der Waals surface area (Å²) in [4.78, 5) is 3.89. The van der Waals surface area contributed by atoms with Gasteiger partial charge in [-0.2, -0.15) is 0 Å². The van der Waals surface area contributed by atoms with Gasteiger partial charge in [0.2, 0.25) is 10.0 Å². The topological polar surface area (TPSA) is 104 Å². The molecule has 0 aliphatic carbocycles. The van der Waals surface area contributed by atoms with E-state index in [0.29, 0.717) is 16.1 Å². The van der Waals surface area contributed by atoms with E-state index in [1.807, 2.05) is 6.92 Å². The maximum absolute atomic E-state index is 14.1. The maximum atomic E-state index is 14.1. The Morgan fingerprint density at radius 2 is 1.97 bits per heavy atom. The standard InChI is InChI=1S/C18H18ClFN4O2S.2ClH/c1-11-18(12-6-15(9-23-8-12)27(22,25)26)16-7-13(19)2-3-17(16)24(11)10-14(20)4-5-21;;/h2-4,6-9H,5,10,21H2,1H3,(H2,22,25,26);2*1H. The monoisotopic (exact) mass is 480 g/mol. The fourth-order valence-electron chi connectivity index (χ4n) is 3.08. The number of nitrogens with zero attached hydrogens (tertiary/aromatic N) is 2. The number of rotatable bonds is 5. The Hall–Kier alpha value is -1.68. The van der Waals surface area contributed by atoms with Crippen LogP contribution in [0.15, 0.2) is 53.5 Å². The summed E-state index contributed by atoms with van der Waals surface area (Å²) in [7, 11) is -3.91. The largest absolute Gasteiger partial charge is 0.337 e. The van der Waals surface area contributed by atoms with E-state index in [-0.39, 0.29) is 48.6 Å². The average Bonchev–Trinajstić information content (AvgIpc) is 2.86. The summed E-state index contributed by atoms with van der Waals surface area (Å²) in [6.07, 6.45) is 4.03. The zero-order chi connectivity index (χ0) is 19.8. The average molecular weight is 482 g/mol. The highest BCUT2D eigenvalue weighted by atomic mass is 35.5. The van der Waals surface area contributed by atoms with Gasteiger partial charge < -0.3 is 10.3 Å². The smallest absolute Gasteiger partial charge is 0.239 e. The van der Waals surface area contributed by atoms with Crippen molar-refractivity contribution in [2.24, 2.45) is 10.9 Å². The van der Waals surface area contributed by atoms with Crippen LogP contribution in [0.2, 0.25) is 5.02 Å². The highest BCUT2D eigenvalue weighted by Crippen LogP contribution is 2.36. The molecule has 6 nitrogen and oxygen atoms in total. The number of primary sulfonamides is 1. The molecule has 11 heteroatoms. The van der Waals surface area contributed by atoms with E-state index in [2.05, 4.69) is 4.98 Å². The number of fused-ring (bicyclic) bond motifs is 1. The van der Waals surface area contributed by atoms with Gasteiger partial charge in [0.05, 0.1) is 6.54 Å². The van der Waals surface area contributed by atoms with Crippen molar-refractivity contribution in [2.45, 2.75) is 18.4 Å². The van der Waals surface area contributed by atoms with Crippen molar-refractivity contribution in [2.75, 3.05) is 6.54 Å². The van der Waals surface area contributed by atoms with Crippen molar-refractivity contribution in [3.8, 4) is 11.1 Å². The molecule has 0 amide bonds. The van der Waals surface area contributed by atoms with Crippen molar-refractivity contribution in [3.63, 3.8) is 0 Å². The molecule has 0 radical (unpaired) electrons. The minimum absolute atomic E-state index is 0. The molecule has 0 fully saturated rings. The molecule has 1 aromatic carbocycles. The molecule has 4 N–H and O–H groups in total. The molecule has 0 unspecified atom stereocenters. The van der Waals surface area contributed by atoms with Crippen molar-refractivity contribution in [1.29, 1.82) is 0 Å². The molecule has 0 bridgehead atoms. The fraction of sp³-hybridized carbons (Fsp3) is 0.167. The Bertz CT molecular complexity index is 1160. The molecule has 0 atom stereocenters. The zero-order valence-electron chi connectivity index (χ0n) is 15.3. The number of nitrogens with two attached hydrogens (primary N) is 2. The lowest BCUT2D eigenvalue weighted by Crippen LogP contribution is -2.12. The van der Waals surface area contributed by atoms with Gasteiger partial charge in [-0.25, -0.2) is 17.9 Å². The van der Waals surface area contributed by atoms with Crippen LogP contribution in [0.25, 0.3) is 22.0 Å². The van der Waals surface area contributed by atoms with E-state index < -0.39 is 10.0 Å². The highest BCUT2D eigenvalue weighted by molar-refractivity contribution is 7.89. The lowest BCUT2D eigenvalue weighted by Gasteiger charge is -2.08. The highest BCUT2D eigenvalue weighted by Gasteiger charge is 2.19. The first-order chi connectivity index (χ1) is 12.7. The molecule has 29 heavy (non-hydrogen) atoms. The summed E-state index contributed by atoms with van der Waals surface area (Å²) < 4.78 is 39.3. The third kappa shape index (κ3) is 5.28. The number of sulfonamides is 1. The predicted octanol–water partition coefficient (Wildman–Crippen LogP) is 3.97. The third-order valence-electron chi connectivity index (χ3n) is 4.26. The molecule has 0 spiro atoms. The number of pyridine rings is 1. The first-order valence-corrected chi connectivity index (χ1v) is 9.96. The molecule has 3 rings (SSSR count). The third-order valence-corrected chi connectivity index (χ3v) is 5.38. The van der Waals surface area contributed by atoms with Crippen LogP contribution < -0.4 is 10.9 Å². The number of benzene rings is 1.